The van der Waals surface area contributed by atoms with Crippen molar-refractivity contribution >= 4 is 32.2 Å². The molecule has 1 unspecified atom stereocenters. The highest BCUT2D eigenvalue weighted by atomic mass is 32.2. The number of sulfonamides is 1. The van der Waals surface area contributed by atoms with Crippen LogP contribution in [0.25, 0.3) is 0 Å². The molecule has 1 fully saturated rings. The number of thiazole rings is 1. The van der Waals surface area contributed by atoms with Crippen molar-refractivity contribution < 1.29 is 18.3 Å². The first kappa shape index (κ1) is 25.1. The van der Waals surface area contributed by atoms with Gasteiger partial charge in [-0.05, 0) is 74.6 Å². The molecule has 1 aliphatic carbocycles. The molecule has 2 aromatic carbocycles. The van der Waals surface area contributed by atoms with E-state index in [4.69, 9.17) is 4.74 Å². The molecule has 0 aliphatic heterocycles. The molecule has 184 valence electrons. The van der Waals surface area contributed by atoms with Crippen molar-refractivity contribution in [3.63, 3.8) is 0 Å². The molecule has 0 radical (unpaired) electrons. The molecule has 0 amide bonds. The van der Waals surface area contributed by atoms with Crippen LogP contribution in [0.1, 0.15) is 53.6 Å². The van der Waals surface area contributed by atoms with Gasteiger partial charge in [0.15, 0.2) is 11.4 Å². The second-order valence-corrected chi connectivity index (χ2v) is 11.6. The summed E-state index contributed by atoms with van der Waals surface area (Å²) in [7, 11) is -3.61. The molecule has 1 atom stereocenters. The van der Waals surface area contributed by atoms with Crippen molar-refractivity contribution in [2.45, 2.75) is 51.5 Å². The predicted octanol–water partition coefficient (Wildman–Crippen LogP) is 4.52. The van der Waals surface area contributed by atoms with E-state index in [1.807, 2.05) is 41.3 Å². The van der Waals surface area contributed by atoms with E-state index in [1.54, 1.807) is 19.1 Å². The van der Waals surface area contributed by atoms with Crippen LogP contribution < -0.4 is 14.4 Å². The van der Waals surface area contributed by atoms with Gasteiger partial charge in [-0.15, -0.1) is 11.3 Å². The number of aliphatic hydroxyl groups excluding tert-OH is 1. The van der Waals surface area contributed by atoms with Crippen molar-refractivity contribution in [2.24, 2.45) is 0 Å². The maximum Gasteiger partial charge on any atom is 0.211 e. The van der Waals surface area contributed by atoms with E-state index in [0.717, 1.165) is 36.1 Å². The van der Waals surface area contributed by atoms with Gasteiger partial charge in [0.25, 0.3) is 0 Å². The molecule has 1 saturated carbocycles. The Labute approximate surface area is 209 Å². The minimum Gasteiger partial charge on any atom is -0.490 e. The normalized spacial score (nSPS) is 15.0. The molecule has 1 aliphatic rings. The van der Waals surface area contributed by atoms with Gasteiger partial charge in [-0.25, -0.2) is 13.4 Å². The Morgan fingerprint density at radius 2 is 1.86 bits per heavy atom. The number of benzene rings is 2. The fraction of sp³-hybridized carbons (Fsp3) is 0.360. The number of nitrogens with one attached hydrogen (secondary N) is 1. The monoisotopic (exact) mass is 512 g/mol. The van der Waals surface area contributed by atoms with Gasteiger partial charge in [0.2, 0.25) is 10.0 Å². The molecule has 35 heavy (non-hydrogen) atoms. The number of hydrogen-bond donors (Lipinski definition) is 2. The summed E-state index contributed by atoms with van der Waals surface area (Å²) in [5.41, 5.74) is 2.65. The molecular weight excluding hydrogens is 484 g/mol. The quantitative estimate of drug-likeness (QED) is 0.405. The lowest BCUT2D eigenvalue weighted by molar-refractivity contribution is 0.162. The van der Waals surface area contributed by atoms with Crippen molar-refractivity contribution in [3.05, 3.63) is 70.2 Å². The summed E-state index contributed by atoms with van der Waals surface area (Å²) in [5, 5.41) is 20.2. The number of aromatic nitrogens is 1. The van der Waals surface area contributed by atoms with Crippen LogP contribution in [0, 0.1) is 18.3 Å². The number of nitriles is 1. The summed E-state index contributed by atoms with van der Waals surface area (Å²) < 4.78 is 31.4. The number of aryl methyl sites for hydroxylation is 1. The largest absolute Gasteiger partial charge is 0.490 e. The number of nitrogens with zero attached hydrogens (tertiary/aromatic N) is 3. The van der Waals surface area contributed by atoms with Gasteiger partial charge in [0, 0.05) is 10.6 Å². The predicted molar refractivity (Wildman–Crippen MR) is 136 cm³/mol. The minimum atomic E-state index is -3.61. The molecule has 3 aromatic rings. The third-order valence-corrected chi connectivity index (χ3v) is 7.47. The highest BCUT2D eigenvalue weighted by Crippen LogP contribution is 2.35. The van der Waals surface area contributed by atoms with Gasteiger partial charge in [-0.1, -0.05) is 12.1 Å². The van der Waals surface area contributed by atoms with Crippen LogP contribution in [-0.2, 0) is 16.6 Å². The van der Waals surface area contributed by atoms with Crippen molar-refractivity contribution in [2.75, 3.05) is 11.2 Å². The van der Waals surface area contributed by atoms with Crippen molar-refractivity contribution in [1.82, 2.24) is 9.71 Å². The third-order valence-electron chi connectivity index (χ3n) is 5.81. The summed E-state index contributed by atoms with van der Waals surface area (Å²) in [6, 6.07) is 17.3. The Balaban J connectivity index is 1.61. The maximum atomic E-state index is 11.6. The first-order valence-corrected chi connectivity index (χ1v) is 14.1. The Kier molecular flexibility index (Phi) is 7.72. The molecule has 2 N–H and O–H groups in total. The van der Waals surface area contributed by atoms with Gasteiger partial charge < -0.3 is 14.7 Å². The highest BCUT2D eigenvalue weighted by molar-refractivity contribution is 7.88. The second-order valence-electron chi connectivity index (χ2n) is 8.64. The first-order chi connectivity index (χ1) is 16.7. The summed E-state index contributed by atoms with van der Waals surface area (Å²) in [6.45, 7) is 2.27. The topological polar surface area (TPSA) is 116 Å². The Morgan fingerprint density at radius 1 is 1.20 bits per heavy atom. The number of anilines is 2. The molecule has 10 heteroatoms. The number of ether oxygens (including phenoxy) is 1. The Hall–Kier alpha value is -2.97. The molecule has 0 saturated heterocycles. The van der Waals surface area contributed by atoms with Crippen LogP contribution in [0.3, 0.4) is 0 Å². The zero-order chi connectivity index (χ0) is 25.0. The van der Waals surface area contributed by atoms with Gasteiger partial charge >= 0.3 is 0 Å². The van der Waals surface area contributed by atoms with Gasteiger partial charge in [0.05, 0.1) is 30.5 Å². The van der Waals surface area contributed by atoms with E-state index in [1.165, 1.54) is 24.2 Å². The maximum absolute atomic E-state index is 11.6. The minimum absolute atomic E-state index is 0.259. The second kappa shape index (κ2) is 10.7. The van der Waals surface area contributed by atoms with Crippen molar-refractivity contribution in [1.29, 1.82) is 5.26 Å². The standard InChI is InChI=1S/C25H28N4O4S2/c1-17-23(24(30)28-35(2,31)32)27-25(34-17)29(20-11-7-18(15-26)8-12-20)16-19-9-13-22(14-10-19)33-21-5-3-4-6-21/h7-14,21,24,28,30H,3-6,16H2,1-2H3. The lowest BCUT2D eigenvalue weighted by atomic mass is 10.1. The third kappa shape index (κ3) is 6.58. The molecule has 1 aromatic heterocycles. The van der Waals surface area contributed by atoms with Crippen LogP contribution in [0.4, 0.5) is 10.8 Å². The molecule has 4 rings (SSSR count). The SMILES string of the molecule is Cc1sc(N(Cc2ccc(OC3CCCC3)cc2)c2ccc(C#N)cc2)nc1C(O)NS(C)(=O)=O. The van der Waals surface area contributed by atoms with E-state index in [0.29, 0.717) is 28.2 Å². The van der Waals surface area contributed by atoms with E-state index < -0.39 is 16.3 Å². The van der Waals surface area contributed by atoms with Crippen LogP contribution in [0.5, 0.6) is 5.75 Å². The smallest absolute Gasteiger partial charge is 0.211 e. The van der Waals surface area contributed by atoms with E-state index in [9.17, 15) is 18.8 Å². The average Bonchev–Trinajstić information content (AvgIpc) is 3.47. The zero-order valence-electron chi connectivity index (χ0n) is 19.6. The number of rotatable bonds is 9. The van der Waals surface area contributed by atoms with Gasteiger partial charge in [0.1, 0.15) is 11.4 Å². The van der Waals surface area contributed by atoms with Crippen LogP contribution >= 0.6 is 11.3 Å². The number of hydrogen-bond acceptors (Lipinski definition) is 8. The Bertz CT molecular complexity index is 1290. The molecule has 0 spiro atoms. The van der Waals surface area contributed by atoms with Crippen LogP contribution in [0.2, 0.25) is 0 Å². The highest BCUT2D eigenvalue weighted by Gasteiger charge is 2.23. The fourth-order valence-electron chi connectivity index (χ4n) is 4.06. The molecular formula is C25H28N4O4S2. The van der Waals surface area contributed by atoms with Crippen molar-refractivity contribution in [3.8, 4) is 11.8 Å². The summed E-state index contributed by atoms with van der Waals surface area (Å²) in [5.74, 6) is 0.855. The van der Waals surface area contributed by atoms with Gasteiger partial charge in [-0.2, -0.15) is 9.98 Å². The average molecular weight is 513 g/mol. The fourth-order valence-corrected chi connectivity index (χ4v) is 5.54. The van der Waals surface area contributed by atoms with E-state index in [-0.39, 0.29) is 5.69 Å². The van der Waals surface area contributed by atoms with Crippen LogP contribution in [-0.4, -0.2) is 30.9 Å². The zero-order valence-corrected chi connectivity index (χ0v) is 21.3. The lowest BCUT2D eigenvalue weighted by Crippen LogP contribution is -2.27. The Morgan fingerprint density at radius 3 is 2.46 bits per heavy atom. The van der Waals surface area contributed by atoms with Crippen LogP contribution in [0.15, 0.2) is 48.5 Å². The summed E-state index contributed by atoms with van der Waals surface area (Å²) in [4.78, 5) is 7.24. The number of aliphatic hydroxyl groups is 1. The molecule has 0 bridgehead atoms. The van der Waals surface area contributed by atoms with E-state index in [2.05, 4.69) is 15.8 Å². The lowest BCUT2D eigenvalue weighted by Gasteiger charge is -2.23. The molecule has 8 nitrogen and oxygen atoms in total. The van der Waals surface area contributed by atoms with E-state index >= 15 is 0 Å². The first-order valence-electron chi connectivity index (χ1n) is 11.4. The molecule has 1 heterocycles. The summed E-state index contributed by atoms with van der Waals surface area (Å²) in [6.07, 6.45) is 4.46. The van der Waals surface area contributed by atoms with Gasteiger partial charge in [-0.3, -0.25) is 0 Å². The summed E-state index contributed by atoms with van der Waals surface area (Å²) >= 11 is 1.36.